The number of halogens is 1. The zero-order chi connectivity index (χ0) is 13.1. The van der Waals surface area contributed by atoms with Crippen LogP contribution in [0.5, 0.6) is 5.75 Å². The van der Waals surface area contributed by atoms with E-state index < -0.39 is 10.7 Å². The molecular weight excluding hydrogens is 239 g/mol. The molecule has 0 spiro atoms. The molecule has 1 aliphatic rings. The highest BCUT2D eigenvalue weighted by atomic mass is 19.1. The normalized spacial score (nSPS) is 23.0. The quantitative estimate of drug-likeness (QED) is 0.660. The lowest BCUT2D eigenvalue weighted by molar-refractivity contribution is -0.386. The number of ether oxygens (including phenoxy) is 1. The molecule has 98 valence electrons. The molecule has 1 aromatic rings. The van der Waals surface area contributed by atoms with Gasteiger partial charge in [-0.1, -0.05) is 0 Å². The lowest BCUT2D eigenvalue weighted by atomic mass is 10.1. The van der Waals surface area contributed by atoms with E-state index in [-0.39, 0.29) is 17.5 Å². The predicted octanol–water partition coefficient (Wildman–Crippen LogP) is 2.24. The average Bonchev–Trinajstić information content (AvgIpc) is 2.76. The maximum atomic E-state index is 13.1. The van der Waals surface area contributed by atoms with Crippen molar-refractivity contribution in [1.29, 1.82) is 0 Å². The van der Waals surface area contributed by atoms with Crippen LogP contribution in [0.1, 0.15) is 19.3 Å². The van der Waals surface area contributed by atoms with E-state index in [0.29, 0.717) is 12.5 Å². The van der Waals surface area contributed by atoms with E-state index in [1.54, 1.807) is 0 Å². The van der Waals surface area contributed by atoms with E-state index >= 15 is 0 Å². The largest absolute Gasteiger partial charge is 0.483 e. The Morgan fingerprint density at radius 2 is 2.28 bits per heavy atom. The minimum Gasteiger partial charge on any atom is -0.483 e. The molecule has 0 aromatic heterocycles. The molecule has 1 aromatic carbocycles. The van der Waals surface area contributed by atoms with Crippen molar-refractivity contribution in [2.75, 3.05) is 6.54 Å². The van der Waals surface area contributed by atoms with Crippen molar-refractivity contribution in [1.82, 2.24) is 0 Å². The fourth-order valence-corrected chi connectivity index (χ4v) is 2.26. The van der Waals surface area contributed by atoms with E-state index in [0.717, 1.165) is 37.5 Å². The van der Waals surface area contributed by atoms with Crippen molar-refractivity contribution < 1.29 is 14.1 Å². The number of nitro groups is 1. The number of benzene rings is 1. The number of rotatable bonds is 4. The number of nitrogens with two attached hydrogens (primary N) is 1. The summed E-state index contributed by atoms with van der Waals surface area (Å²) in [6, 6.07) is 3.25. The summed E-state index contributed by atoms with van der Waals surface area (Å²) >= 11 is 0. The second kappa shape index (κ2) is 5.30. The molecule has 1 fully saturated rings. The summed E-state index contributed by atoms with van der Waals surface area (Å²) in [5.41, 5.74) is 5.37. The van der Waals surface area contributed by atoms with Gasteiger partial charge in [0.05, 0.1) is 11.0 Å². The van der Waals surface area contributed by atoms with Gasteiger partial charge in [-0.3, -0.25) is 10.1 Å². The first-order chi connectivity index (χ1) is 8.60. The summed E-state index contributed by atoms with van der Waals surface area (Å²) in [5.74, 6) is -0.144. The fraction of sp³-hybridized carbons (Fsp3) is 0.500. The third kappa shape index (κ3) is 2.76. The lowest BCUT2D eigenvalue weighted by Crippen LogP contribution is -2.16. The summed E-state index contributed by atoms with van der Waals surface area (Å²) in [6.45, 7) is 0.588. The Kier molecular flexibility index (Phi) is 3.76. The van der Waals surface area contributed by atoms with Gasteiger partial charge in [-0.2, -0.15) is 0 Å². The highest BCUT2D eigenvalue weighted by Crippen LogP contribution is 2.33. The van der Waals surface area contributed by atoms with Gasteiger partial charge in [0.15, 0.2) is 5.75 Å². The number of nitrogens with zero attached hydrogens (tertiary/aromatic N) is 1. The second-order valence-electron chi connectivity index (χ2n) is 4.52. The molecule has 0 bridgehead atoms. The molecule has 0 heterocycles. The van der Waals surface area contributed by atoms with Gasteiger partial charge in [0.25, 0.3) is 0 Å². The zero-order valence-electron chi connectivity index (χ0n) is 9.84. The molecule has 2 N–H and O–H groups in total. The molecule has 5 nitrogen and oxygen atoms in total. The van der Waals surface area contributed by atoms with Crippen LogP contribution in [0.25, 0.3) is 0 Å². The van der Waals surface area contributed by atoms with E-state index in [1.165, 1.54) is 0 Å². The highest BCUT2D eigenvalue weighted by Gasteiger charge is 2.27. The molecule has 0 amide bonds. The van der Waals surface area contributed by atoms with Crippen LogP contribution in [0, 0.1) is 21.8 Å². The van der Waals surface area contributed by atoms with Crippen molar-refractivity contribution in [3.63, 3.8) is 0 Å². The van der Waals surface area contributed by atoms with Crippen LogP contribution in [-0.4, -0.2) is 17.6 Å². The van der Waals surface area contributed by atoms with Crippen LogP contribution in [0.2, 0.25) is 0 Å². The molecule has 2 rings (SSSR count). The molecule has 1 saturated carbocycles. The van der Waals surface area contributed by atoms with Crippen molar-refractivity contribution in [2.24, 2.45) is 11.7 Å². The minimum atomic E-state index is -0.565. The second-order valence-corrected chi connectivity index (χ2v) is 4.52. The van der Waals surface area contributed by atoms with Gasteiger partial charge < -0.3 is 10.5 Å². The predicted molar refractivity (Wildman–Crippen MR) is 63.9 cm³/mol. The first kappa shape index (κ1) is 12.8. The van der Waals surface area contributed by atoms with Gasteiger partial charge in [0.1, 0.15) is 5.82 Å². The van der Waals surface area contributed by atoms with Crippen LogP contribution >= 0.6 is 0 Å². The number of hydrogen-bond donors (Lipinski definition) is 1. The Morgan fingerprint density at radius 1 is 1.50 bits per heavy atom. The molecule has 1 aliphatic carbocycles. The fourth-order valence-electron chi connectivity index (χ4n) is 2.26. The van der Waals surface area contributed by atoms with E-state index in [4.69, 9.17) is 10.5 Å². The van der Waals surface area contributed by atoms with E-state index in [2.05, 4.69) is 0 Å². The van der Waals surface area contributed by atoms with E-state index in [1.807, 2.05) is 0 Å². The highest BCUT2D eigenvalue weighted by molar-refractivity contribution is 5.46. The van der Waals surface area contributed by atoms with Gasteiger partial charge in [-0.25, -0.2) is 4.39 Å². The number of nitro benzene ring substituents is 1. The summed E-state index contributed by atoms with van der Waals surface area (Å²) in [5, 5.41) is 10.8. The van der Waals surface area contributed by atoms with Crippen LogP contribution in [0.4, 0.5) is 10.1 Å². The van der Waals surface area contributed by atoms with E-state index in [9.17, 15) is 14.5 Å². The summed E-state index contributed by atoms with van der Waals surface area (Å²) < 4.78 is 18.6. The SMILES string of the molecule is NC[C@H]1CC[C@H](Oc2cc(F)ccc2[N+](=O)[O-])C1. The average molecular weight is 254 g/mol. The van der Waals surface area contributed by atoms with Crippen LogP contribution < -0.4 is 10.5 Å². The summed E-state index contributed by atoms with van der Waals surface area (Å²) in [7, 11) is 0. The van der Waals surface area contributed by atoms with Crippen LogP contribution in [-0.2, 0) is 0 Å². The Hall–Kier alpha value is -1.69. The third-order valence-electron chi connectivity index (χ3n) is 3.24. The Morgan fingerprint density at radius 3 is 2.89 bits per heavy atom. The molecule has 6 heteroatoms. The maximum absolute atomic E-state index is 13.1. The molecule has 18 heavy (non-hydrogen) atoms. The van der Waals surface area contributed by atoms with Crippen molar-refractivity contribution in [3.8, 4) is 5.75 Å². The number of hydrogen-bond acceptors (Lipinski definition) is 4. The van der Waals surface area contributed by atoms with Crippen molar-refractivity contribution in [3.05, 3.63) is 34.1 Å². The first-order valence-electron chi connectivity index (χ1n) is 5.91. The van der Waals surface area contributed by atoms with Crippen molar-refractivity contribution >= 4 is 5.69 Å². The van der Waals surface area contributed by atoms with Gasteiger partial charge in [-0.15, -0.1) is 0 Å². The molecule has 0 radical (unpaired) electrons. The first-order valence-corrected chi connectivity index (χ1v) is 5.91. The van der Waals surface area contributed by atoms with Gasteiger partial charge in [-0.05, 0) is 37.8 Å². The van der Waals surface area contributed by atoms with Gasteiger partial charge >= 0.3 is 5.69 Å². The maximum Gasteiger partial charge on any atom is 0.311 e. The Balaban J connectivity index is 2.13. The molecule has 0 aliphatic heterocycles. The standard InChI is InChI=1S/C12H15FN2O3/c13-9-2-4-11(15(16)17)12(6-9)18-10-3-1-8(5-10)7-14/h2,4,6,8,10H,1,3,5,7,14H2/t8-,10-/m0/s1. The topological polar surface area (TPSA) is 78.4 Å². The lowest BCUT2D eigenvalue weighted by Gasteiger charge is -2.13. The summed E-state index contributed by atoms with van der Waals surface area (Å²) in [4.78, 5) is 10.2. The van der Waals surface area contributed by atoms with Crippen molar-refractivity contribution in [2.45, 2.75) is 25.4 Å². The molecule has 2 atom stereocenters. The van der Waals surface area contributed by atoms with Gasteiger partial charge in [0, 0.05) is 12.1 Å². The molecule has 0 unspecified atom stereocenters. The zero-order valence-corrected chi connectivity index (χ0v) is 9.84. The molecular formula is C12H15FN2O3. The smallest absolute Gasteiger partial charge is 0.311 e. The Bertz CT molecular complexity index is 453. The third-order valence-corrected chi connectivity index (χ3v) is 3.24. The monoisotopic (exact) mass is 254 g/mol. The van der Waals surface area contributed by atoms with Crippen LogP contribution in [0.15, 0.2) is 18.2 Å². The van der Waals surface area contributed by atoms with Gasteiger partial charge in [0.2, 0.25) is 0 Å². The Labute approximate surface area is 104 Å². The van der Waals surface area contributed by atoms with Crippen LogP contribution in [0.3, 0.4) is 0 Å². The minimum absolute atomic E-state index is 0.00247. The summed E-state index contributed by atoms with van der Waals surface area (Å²) in [6.07, 6.45) is 2.41. The molecule has 0 saturated heterocycles.